The van der Waals surface area contributed by atoms with Crippen molar-refractivity contribution in [2.45, 2.75) is 0 Å². The Morgan fingerprint density at radius 1 is 0.364 bits per heavy atom. The number of aromatic nitrogens is 4. The molecule has 8 aromatic rings. The lowest BCUT2D eigenvalue weighted by atomic mass is 9.96. The molecule has 206 valence electrons. The standard InChI is InChI=1S/C40H26N4/c1-3-15-34-27(9-1)11-5-17-36(34)38-24-39(37-18-6-12-28-10-2-4-16-35(28)37)44-40(43-38)33-22-31(29-13-7-19-41-25-29)21-32(23-33)30-14-8-20-42-26-30/h1-26H. The van der Waals surface area contributed by atoms with E-state index in [9.17, 15) is 0 Å². The van der Waals surface area contributed by atoms with Gasteiger partial charge in [0.25, 0.3) is 0 Å². The molecule has 4 heteroatoms. The van der Waals surface area contributed by atoms with Crippen LogP contribution in [0, 0.1) is 0 Å². The van der Waals surface area contributed by atoms with Crippen molar-refractivity contribution in [3.63, 3.8) is 0 Å². The molecule has 0 saturated heterocycles. The average molecular weight is 563 g/mol. The number of hydrogen-bond donors (Lipinski definition) is 0. The van der Waals surface area contributed by atoms with Crippen LogP contribution in [0.4, 0.5) is 0 Å². The van der Waals surface area contributed by atoms with Crippen molar-refractivity contribution in [2.24, 2.45) is 0 Å². The van der Waals surface area contributed by atoms with E-state index in [0.29, 0.717) is 5.82 Å². The molecule has 8 rings (SSSR count). The van der Waals surface area contributed by atoms with Crippen molar-refractivity contribution in [1.29, 1.82) is 0 Å². The summed E-state index contributed by atoms with van der Waals surface area (Å²) in [4.78, 5) is 19.3. The van der Waals surface area contributed by atoms with Crippen molar-refractivity contribution in [2.75, 3.05) is 0 Å². The molecule has 0 amide bonds. The predicted octanol–water partition coefficient (Wildman–Crippen LogP) is 9.91. The largest absolute Gasteiger partial charge is 0.264 e. The quantitative estimate of drug-likeness (QED) is 0.209. The maximum atomic E-state index is 5.26. The van der Waals surface area contributed by atoms with E-state index in [0.717, 1.165) is 61.1 Å². The van der Waals surface area contributed by atoms with Gasteiger partial charge < -0.3 is 0 Å². The van der Waals surface area contributed by atoms with E-state index in [1.165, 1.54) is 10.8 Å². The van der Waals surface area contributed by atoms with Crippen molar-refractivity contribution >= 4 is 21.5 Å². The predicted molar refractivity (Wildman–Crippen MR) is 180 cm³/mol. The fourth-order valence-electron chi connectivity index (χ4n) is 5.91. The second-order valence-corrected chi connectivity index (χ2v) is 10.8. The molecule has 0 bridgehead atoms. The van der Waals surface area contributed by atoms with Gasteiger partial charge in [-0.1, -0.05) is 97.1 Å². The van der Waals surface area contributed by atoms with Gasteiger partial charge in [0.2, 0.25) is 0 Å². The summed E-state index contributed by atoms with van der Waals surface area (Å²) in [5.41, 5.74) is 8.97. The Labute approximate surface area is 255 Å². The average Bonchev–Trinajstić information content (AvgIpc) is 3.11. The van der Waals surface area contributed by atoms with Gasteiger partial charge in [-0.15, -0.1) is 0 Å². The van der Waals surface area contributed by atoms with Crippen LogP contribution in [0.15, 0.2) is 158 Å². The first-order valence-corrected chi connectivity index (χ1v) is 14.6. The summed E-state index contributed by atoms with van der Waals surface area (Å²) in [5.74, 6) is 0.661. The third kappa shape index (κ3) is 4.79. The van der Waals surface area contributed by atoms with E-state index in [2.05, 4.69) is 131 Å². The van der Waals surface area contributed by atoms with Crippen LogP contribution in [0.25, 0.3) is 77.7 Å². The number of hydrogen-bond acceptors (Lipinski definition) is 4. The first-order chi connectivity index (χ1) is 21.8. The lowest BCUT2D eigenvalue weighted by Gasteiger charge is -2.14. The zero-order valence-corrected chi connectivity index (χ0v) is 23.8. The molecule has 0 N–H and O–H groups in total. The molecule has 5 aromatic carbocycles. The topological polar surface area (TPSA) is 51.6 Å². The Morgan fingerprint density at radius 3 is 1.34 bits per heavy atom. The Bertz CT molecular complexity index is 2110. The third-order valence-corrected chi connectivity index (χ3v) is 8.04. The SMILES string of the molecule is c1cncc(-c2cc(-c3cccnc3)cc(-c3nc(-c4cccc5ccccc45)cc(-c4cccc5ccccc45)n3)c2)c1. The van der Waals surface area contributed by atoms with Crippen molar-refractivity contribution in [1.82, 2.24) is 19.9 Å². The van der Waals surface area contributed by atoms with E-state index in [4.69, 9.17) is 9.97 Å². The second kappa shape index (κ2) is 11.0. The Kier molecular flexibility index (Phi) is 6.43. The molecule has 4 nitrogen and oxygen atoms in total. The molecule has 0 unspecified atom stereocenters. The van der Waals surface area contributed by atoms with Crippen LogP contribution in [0.3, 0.4) is 0 Å². The lowest BCUT2D eigenvalue weighted by molar-refractivity contribution is 1.19. The number of benzene rings is 5. The number of pyridine rings is 2. The first kappa shape index (κ1) is 25.7. The number of nitrogens with zero attached hydrogens (tertiary/aromatic N) is 4. The zero-order valence-electron chi connectivity index (χ0n) is 23.8. The molecular weight excluding hydrogens is 536 g/mol. The molecule has 0 radical (unpaired) electrons. The fourth-order valence-corrected chi connectivity index (χ4v) is 5.91. The van der Waals surface area contributed by atoms with Crippen LogP contribution in [0.1, 0.15) is 0 Å². The summed E-state index contributed by atoms with van der Waals surface area (Å²) in [6, 6.07) is 46.4. The highest BCUT2D eigenvalue weighted by Gasteiger charge is 2.16. The van der Waals surface area contributed by atoms with Gasteiger partial charge >= 0.3 is 0 Å². The lowest BCUT2D eigenvalue weighted by Crippen LogP contribution is -1.98. The molecule has 0 aliphatic carbocycles. The summed E-state index contributed by atoms with van der Waals surface area (Å²) >= 11 is 0. The van der Waals surface area contributed by atoms with Crippen molar-refractivity contribution in [3.8, 4) is 56.2 Å². The minimum absolute atomic E-state index is 0.661. The summed E-state index contributed by atoms with van der Waals surface area (Å²) in [5, 5.41) is 4.66. The van der Waals surface area contributed by atoms with Gasteiger partial charge in [0, 0.05) is 52.6 Å². The summed E-state index contributed by atoms with van der Waals surface area (Å²) in [6.45, 7) is 0. The van der Waals surface area contributed by atoms with Crippen LogP contribution in [-0.2, 0) is 0 Å². The van der Waals surface area contributed by atoms with Crippen LogP contribution in [0.5, 0.6) is 0 Å². The second-order valence-electron chi connectivity index (χ2n) is 10.8. The highest BCUT2D eigenvalue weighted by atomic mass is 14.9. The van der Waals surface area contributed by atoms with Gasteiger partial charge in [0.15, 0.2) is 5.82 Å². The molecule has 0 saturated carbocycles. The Morgan fingerprint density at radius 2 is 0.841 bits per heavy atom. The summed E-state index contributed by atoms with van der Waals surface area (Å²) in [6.07, 6.45) is 7.37. The highest BCUT2D eigenvalue weighted by molar-refractivity contribution is 5.99. The smallest absolute Gasteiger partial charge is 0.160 e. The maximum absolute atomic E-state index is 5.26. The Hall–Kier alpha value is -6.00. The van der Waals surface area contributed by atoms with Crippen molar-refractivity contribution < 1.29 is 0 Å². The van der Waals surface area contributed by atoms with Gasteiger partial charge in [-0.25, -0.2) is 9.97 Å². The molecule has 3 heterocycles. The number of rotatable bonds is 5. The maximum Gasteiger partial charge on any atom is 0.160 e. The molecule has 0 aliphatic heterocycles. The van der Waals surface area contributed by atoms with E-state index in [-0.39, 0.29) is 0 Å². The van der Waals surface area contributed by atoms with E-state index in [1.807, 2.05) is 24.5 Å². The molecule has 3 aromatic heterocycles. The number of fused-ring (bicyclic) bond motifs is 2. The molecule has 0 spiro atoms. The normalized spacial score (nSPS) is 11.2. The monoisotopic (exact) mass is 562 g/mol. The zero-order chi connectivity index (χ0) is 29.3. The van der Waals surface area contributed by atoms with E-state index in [1.54, 1.807) is 12.4 Å². The summed E-state index contributed by atoms with van der Waals surface area (Å²) < 4.78 is 0. The molecule has 0 fully saturated rings. The van der Waals surface area contributed by atoms with Crippen molar-refractivity contribution in [3.05, 3.63) is 158 Å². The summed E-state index contributed by atoms with van der Waals surface area (Å²) in [7, 11) is 0. The fraction of sp³-hybridized carbons (Fsp3) is 0. The van der Waals surface area contributed by atoms with Gasteiger partial charge in [0.05, 0.1) is 11.4 Å². The van der Waals surface area contributed by atoms with E-state index < -0.39 is 0 Å². The van der Waals surface area contributed by atoms with E-state index >= 15 is 0 Å². The molecule has 44 heavy (non-hydrogen) atoms. The minimum Gasteiger partial charge on any atom is -0.264 e. The Balaban J connectivity index is 1.41. The van der Waals surface area contributed by atoms with Crippen LogP contribution in [-0.4, -0.2) is 19.9 Å². The molecular formula is C40H26N4. The highest BCUT2D eigenvalue weighted by Crippen LogP contribution is 2.36. The van der Waals surface area contributed by atoms with Crippen LogP contribution >= 0.6 is 0 Å². The molecule has 0 atom stereocenters. The van der Waals surface area contributed by atoms with Crippen LogP contribution < -0.4 is 0 Å². The van der Waals surface area contributed by atoms with Gasteiger partial charge in [-0.05, 0) is 69.1 Å². The van der Waals surface area contributed by atoms with Crippen LogP contribution in [0.2, 0.25) is 0 Å². The molecule has 0 aliphatic rings. The van der Waals surface area contributed by atoms with Gasteiger partial charge in [0.1, 0.15) is 0 Å². The minimum atomic E-state index is 0.661. The van der Waals surface area contributed by atoms with Gasteiger partial charge in [-0.2, -0.15) is 0 Å². The third-order valence-electron chi connectivity index (χ3n) is 8.04. The first-order valence-electron chi connectivity index (χ1n) is 14.6. The van der Waals surface area contributed by atoms with Gasteiger partial charge in [-0.3, -0.25) is 9.97 Å².